The van der Waals surface area contributed by atoms with Crippen LogP contribution in [0.1, 0.15) is 12.5 Å². The number of aryl methyl sites for hydroxylation is 1. The van der Waals surface area contributed by atoms with Crippen molar-refractivity contribution < 1.29 is 18.0 Å². The highest BCUT2D eigenvalue weighted by Gasteiger charge is 2.27. The second-order valence-electron chi connectivity index (χ2n) is 5.41. The lowest BCUT2D eigenvalue weighted by Crippen LogP contribution is -2.51. The molecule has 0 bridgehead atoms. The van der Waals surface area contributed by atoms with Crippen molar-refractivity contribution >= 4 is 21.7 Å². The number of benzene rings is 1. The SMILES string of the molecule is CC(=O)N1CCN(C(=O)CS(=O)(=O)c2ccccc2C)CC1. The Morgan fingerprint density at radius 2 is 1.59 bits per heavy atom. The Labute approximate surface area is 130 Å². The van der Waals surface area contributed by atoms with Crippen LogP contribution in [0.2, 0.25) is 0 Å². The lowest BCUT2D eigenvalue weighted by atomic mass is 10.2. The van der Waals surface area contributed by atoms with Gasteiger partial charge < -0.3 is 9.80 Å². The highest BCUT2D eigenvalue weighted by Crippen LogP contribution is 2.16. The Bertz CT molecular complexity index is 677. The quantitative estimate of drug-likeness (QED) is 0.809. The van der Waals surface area contributed by atoms with E-state index in [1.165, 1.54) is 17.9 Å². The Kier molecular flexibility index (Phi) is 4.85. The lowest BCUT2D eigenvalue weighted by molar-refractivity contribution is -0.136. The molecule has 1 heterocycles. The molecule has 0 saturated carbocycles. The maximum atomic E-state index is 12.4. The second-order valence-corrected chi connectivity index (χ2v) is 7.37. The molecule has 0 unspecified atom stereocenters. The van der Waals surface area contributed by atoms with Crippen molar-refractivity contribution in [2.24, 2.45) is 0 Å². The van der Waals surface area contributed by atoms with Crippen molar-refractivity contribution in [3.63, 3.8) is 0 Å². The van der Waals surface area contributed by atoms with E-state index in [4.69, 9.17) is 0 Å². The van der Waals surface area contributed by atoms with Crippen molar-refractivity contribution in [1.29, 1.82) is 0 Å². The molecule has 2 rings (SSSR count). The largest absolute Gasteiger partial charge is 0.339 e. The zero-order chi connectivity index (χ0) is 16.3. The van der Waals surface area contributed by atoms with Crippen molar-refractivity contribution in [3.8, 4) is 0 Å². The maximum Gasteiger partial charge on any atom is 0.238 e. The van der Waals surface area contributed by atoms with E-state index in [2.05, 4.69) is 0 Å². The van der Waals surface area contributed by atoms with Gasteiger partial charge in [-0.3, -0.25) is 9.59 Å². The van der Waals surface area contributed by atoms with Crippen LogP contribution in [-0.4, -0.2) is 62.0 Å². The zero-order valence-electron chi connectivity index (χ0n) is 12.8. The van der Waals surface area contributed by atoms with Crippen molar-refractivity contribution in [2.75, 3.05) is 31.9 Å². The third kappa shape index (κ3) is 3.65. The fourth-order valence-corrected chi connectivity index (χ4v) is 4.02. The summed E-state index contributed by atoms with van der Waals surface area (Å²) in [5, 5.41) is 0. The van der Waals surface area contributed by atoms with Crippen molar-refractivity contribution in [1.82, 2.24) is 9.80 Å². The van der Waals surface area contributed by atoms with Crippen molar-refractivity contribution in [2.45, 2.75) is 18.7 Å². The van der Waals surface area contributed by atoms with Gasteiger partial charge in [-0.15, -0.1) is 0 Å². The van der Waals surface area contributed by atoms with E-state index in [9.17, 15) is 18.0 Å². The summed E-state index contributed by atoms with van der Waals surface area (Å²) in [7, 11) is -3.64. The number of carbonyl (C=O) groups excluding carboxylic acids is 2. The lowest BCUT2D eigenvalue weighted by Gasteiger charge is -2.34. The summed E-state index contributed by atoms with van der Waals surface area (Å²) in [6, 6.07) is 6.64. The molecule has 120 valence electrons. The standard InChI is InChI=1S/C15H20N2O4S/c1-12-5-3-4-6-14(12)22(20,21)11-15(19)17-9-7-16(8-10-17)13(2)18/h3-6H,7-11H2,1-2H3. The van der Waals surface area contributed by atoms with Crippen LogP contribution in [0.5, 0.6) is 0 Å². The maximum absolute atomic E-state index is 12.4. The number of hydrogen-bond acceptors (Lipinski definition) is 4. The van der Waals surface area contributed by atoms with Gasteiger partial charge in [0.25, 0.3) is 0 Å². The van der Waals surface area contributed by atoms with Gasteiger partial charge >= 0.3 is 0 Å². The average Bonchev–Trinajstić information content (AvgIpc) is 2.47. The number of amides is 2. The first-order chi connectivity index (χ1) is 10.3. The van der Waals surface area contributed by atoms with Gasteiger partial charge in [0.05, 0.1) is 4.90 Å². The summed E-state index contributed by atoms with van der Waals surface area (Å²) in [5.41, 5.74) is 0.636. The number of carbonyl (C=O) groups is 2. The molecule has 0 atom stereocenters. The van der Waals surface area contributed by atoms with Crippen LogP contribution >= 0.6 is 0 Å². The third-order valence-electron chi connectivity index (χ3n) is 3.82. The molecule has 6 nitrogen and oxygen atoms in total. The van der Waals surface area contributed by atoms with Crippen LogP contribution in [0.25, 0.3) is 0 Å². The smallest absolute Gasteiger partial charge is 0.238 e. The molecule has 0 N–H and O–H groups in total. The molecule has 1 aliphatic rings. The second kappa shape index (κ2) is 6.48. The molecule has 1 aromatic carbocycles. The summed E-state index contributed by atoms with van der Waals surface area (Å²) in [4.78, 5) is 26.8. The molecule has 1 fully saturated rings. The van der Waals surface area contributed by atoms with E-state index in [0.717, 1.165) is 0 Å². The molecule has 2 amide bonds. The Morgan fingerprint density at radius 1 is 1.05 bits per heavy atom. The molecule has 1 saturated heterocycles. The predicted octanol–water partition coefficient (Wildman–Crippen LogP) is 0.459. The van der Waals surface area contributed by atoms with E-state index in [0.29, 0.717) is 31.7 Å². The Morgan fingerprint density at radius 3 is 2.14 bits per heavy atom. The van der Waals surface area contributed by atoms with Crippen LogP contribution in [0.3, 0.4) is 0 Å². The van der Waals surface area contributed by atoms with Crippen LogP contribution in [0.4, 0.5) is 0 Å². The summed E-state index contributed by atoms with van der Waals surface area (Å²) in [6.07, 6.45) is 0. The van der Waals surface area contributed by atoms with Crippen LogP contribution in [0.15, 0.2) is 29.2 Å². The van der Waals surface area contributed by atoms with Gasteiger partial charge in [-0.1, -0.05) is 18.2 Å². The fraction of sp³-hybridized carbons (Fsp3) is 0.467. The minimum Gasteiger partial charge on any atom is -0.339 e. The Hall–Kier alpha value is -1.89. The van der Waals surface area contributed by atoms with Crippen LogP contribution in [-0.2, 0) is 19.4 Å². The molecule has 1 aromatic rings. The average molecular weight is 324 g/mol. The topological polar surface area (TPSA) is 74.8 Å². The van der Waals surface area contributed by atoms with Gasteiger partial charge in [0.15, 0.2) is 9.84 Å². The van der Waals surface area contributed by atoms with E-state index in [1.807, 2.05) is 0 Å². The van der Waals surface area contributed by atoms with Crippen LogP contribution < -0.4 is 0 Å². The molecular formula is C15H20N2O4S. The zero-order valence-corrected chi connectivity index (χ0v) is 13.6. The summed E-state index contributed by atoms with van der Waals surface area (Å²) < 4.78 is 24.7. The normalized spacial score (nSPS) is 15.7. The van der Waals surface area contributed by atoms with Gasteiger partial charge in [0.1, 0.15) is 5.75 Å². The first-order valence-corrected chi connectivity index (χ1v) is 8.78. The third-order valence-corrected chi connectivity index (χ3v) is 5.58. The predicted molar refractivity (Wildman–Crippen MR) is 82.1 cm³/mol. The van der Waals surface area contributed by atoms with Gasteiger partial charge in [0.2, 0.25) is 11.8 Å². The highest BCUT2D eigenvalue weighted by atomic mass is 32.2. The van der Waals surface area contributed by atoms with Gasteiger partial charge in [-0.05, 0) is 18.6 Å². The van der Waals surface area contributed by atoms with Gasteiger partial charge in [0, 0.05) is 33.1 Å². The number of hydrogen-bond donors (Lipinski definition) is 0. The summed E-state index contributed by atoms with van der Waals surface area (Å²) >= 11 is 0. The fourth-order valence-electron chi connectivity index (χ4n) is 2.51. The van der Waals surface area contributed by atoms with Crippen LogP contribution in [0, 0.1) is 6.92 Å². The molecular weight excluding hydrogens is 304 g/mol. The number of rotatable bonds is 3. The highest BCUT2D eigenvalue weighted by molar-refractivity contribution is 7.92. The molecule has 7 heteroatoms. The molecule has 0 aromatic heterocycles. The monoisotopic (exact) mass is 324 g/mol. The molecule has 0 aliphatic carbocycles. The number of sulfone groups is 1. The first-order valence-electron chi connectivity index (χ1n) is 7.13. The molecule has 22 heavy (non-hydrogen) atoms. The van der Waals surface area contributed by atoms with E-state index >= 15 is 0 Å². The Balaban J connectivity index is 2.03. The van der Waals surface area contributed by atoms with E-state index in [-0.39, 0.29) is 10.8 Å². The minimum atomic E-state index is -3.64. The number of piperazine rings is 1. The van der Waals surface area contributed by atoms with Gasteiger partial charge in [-0.25, -0.2) is 8.42 Å². The molecule has 0 spiro atoms. The van der Waals surface area contributed by atoms with Gasteiger partial charge in [-0.2, -0.15) is 0 Å². The molecule has 1 aliphatic heterocycles. The number of nitrogens with zero attached hydrogens (tertiary/aromatic N) is 2. The summed E-state index contributed by atoms with van der Waals surface area (Å²) in [6.45, 7) is 4.85. The van der Waals surface area contributed by atoms with E-state index < -0.39 is 21.5 Å². The molecule has 0 radical (unpaired) electrons. The minimum absolute atomic E-state index is 0.0281. The van der Waals surface area contributed by atoms with Crippen molar-refractivity contribution in [3.05, 3.63) is 29.8 Å². The summed E-state index contributed by atoms with van der Waals surface area (Å²) in [5.74, 6) is -0.969. The van der Waals surface area contributed by atoms with E-state index in [1.54, 1.807) is 30.0 Å². The first kappa shape index (κ1) is 16.5.